The molecule has 1 fully saturated rings. The van der Waals surface area contributed by atoms with Gasteiger partial charge in [0, 0.05) is 25.7 Å². The van der Waals surface area contributed by atoms with Crippen LogP contribution < -0.4 is 5.32 Å². The Kier molecular flexibility index (Phi) is 3.65. The van der Waals surface area contributed by atoms with E-state index in [1.807, 2.05) is 11.0 Å². The molecule has 100 valence electrons. The second-order valence-electron chi connectivity index (χ2n) is 5.32. The highest BCUT2D eigenvalue weighted by atomic mass is 16.2. The fraction of sp³-hybridized carbons (Fsp3) is 0.438. The number of amides is 1. The van der Waals surface area contributed by atoms with Gasteiger partial charge in [-0.1, -0.05) is 18.2 Å². The van der Waals surface area contributed by atoms with Crippen LogP contribution in [-0.4, -0.2) is 30.4 Å². The molecule has 0 spiro atoms. The Bertz CT molecular complexity index is 501. The molecule has 2 heterocycles. The lowest BCUT2D eigenvalue weighted by atomic mass is 9.98. The topological polar surface area (TPSA) is 32.3 Å². The first kappa shape index (κ1) is 12.4. The fourth-order valence-electron chi connectivity index (χ4n) is 2.81. The summed E-state index contributed by atoms with van der Waals surface area (Å²) in [5.74, 6) is 0.150. The smallest absolute Gasteiger partial charge is 0.246 e. The molecule has 0 bridgehead atoms. The zero-order valence-electron chi connectivity index (χ0n) is 11.2. The lowest BCUT2D eigenvalue weighted by Crippen LogP contribution is -2.25. The molecule has 0 aliphatic carbocycles. The normalized spacial score (nSPS) is 18.8. The quantitative estimate of drug-likeness (QED) is 0.821. The van der Waals surface area contributed by atoms with Crippen LogP contribution in [0.4, 0.5) is 0 Å². The average molecular weight is 256 g/mol. The second kappa shape index (κ2) is 5.57. The third-order valence-corrected chi connectivity index (χ3v) is 3.95. The van der Waals surface area contributed by atoms with Crippen LogP contribution in [-0.2, 0) is 17.8 Å². The van der Waals surface area contributed by atoms with E-state index in [4.69, 9.17) is 0 Å². The van der Waals surface area contributed by atoms with Crippen molar-refractivity contribution in [2.24, 2.45) is 0 Å². The maximum Gasteiger partial charge on any atom is 0.246 e. The molecule has 2 aliphatic heterocycles. The minimum absolute atomic E-state index is 0.150. The van der Waals surface area contributed by atoms with Gasteiger partial charge in [-0.15, -0.1) is 0 Å². The summed E-state index contributed by atoms with van der Waals surface area (Å²) in [6, 6.07) is 6.48. The number of hydrogen-bond acceptors (Lipinski definition) is 2. The number of benzene rings is 1. The lowest BCUT2D eigenvalue weighted by molar-refractivity contribution is -0.124. The molecule has 0 unspecified atom stereocenters. The van der Waals surface area contributed by atoms with Crippen LogP contribution in [0.1, 0.15) is 29.5 Å². The van der Waals surface area contributed by atoms with E-state index in [1.165, 1.54) is 11.1 Å². The van der Waals surface area contributed by atoms with Gasteiger partial charge in [0.05, 0.1) is 0 Å². The Hall–Kier alpha value is -1.61. The van der Waals surface area contributed by atoms with Crippen molar-refractivity contribution in [1.82, 2.24) is 10.2 Å². The Morgan fingerprint density at radius 1 is 1.21 bits per heavy atom. The van der Waals surface area contributed by atoms with E-state index in [0.29, 0.717) is 0 Å². The summed E-state index contributed by atoms with van der Waals surface area (Å²) in [5, 5.41) is 3.37. The zero-order valence-corrected chi connectivity index (χ0v) is 11.2. The molecule has 0 radical (unpaired) electrons. The molecule has 3 heteroatoms. The minimum Gasteiger partial charge on any atom is -0.339 e. The number of fused-ring (bicyclic) bond motifs is 1. The summed E-state index contributed by atoms with van der Waals surface area (Å²) in [4.78, 5) is 13.9. The molecule has 0 saturated carbocycles. The fourth-order valence-corrected chi connectivity index (χ4v) is 2.81. The van der Waals surface area contributed by atoms with Crippen molar-refractivity contribution < 1.29 is 4.79 Å². The Morgan fingerprint density at radius 2 is 2.05 bits per heavy atom. The molecule has 19 heavy (non-hydrogen) atoms. The molecule has 3 rings (SSSR count). The monoisotopic (exact) mass is 256 g/mol. The molecular weight excluding hydrogens is 236 g/mol. The van der Waals surface area contributed by atoms with Gasteiger partial charge in [0.1, 0.15) is 0 Å². The SMILES string of the molecule is O=C(/C=C/c1ccc2c(c1)CCNC2)N1CCCC1. The number of nitrogens with one attached hydrogen (secondary N) is 1. The van der Waals surface area contributed by atoms with Crippen molar-refractivity contribution in [1.29, 1.82) is 0 Å². The van der Waals surface area contributed by atoms with Crippen LogP contribution in [0.3, 0.4) is 0 Å². The van der Waals surface area contributed by atoms with Gasteiger partial charge in [-0.3, -0.25) is 4.79 Å². The molecule has 2 aliphatic rings. The third-order valence-electron chi connectivity index (χ3n) is 3.95. The average Bonchev–Trinajstić information content (AvgIpc) is 2.99. The van der Waals surface area contributed by atoms with Crippen molar-refractivity contribution >= 4 is 12.0 Å². The van der Waals surface area contributed by atoms with Crippen molar-refractivity contribution in [3.05, 3.63) is 41.0 Å². The Labute approximate surface area is 114 Å². The van der Waals surface area contributed by atoms with Gasteiger partial charge in [0.2, 0.25) is 5.91 Å². The standard InChI is InChI=1S/C16H20N2O/c19-16(18-9-1-2-10-18)6-4-13-3-5-15-12-17-8-7-14(15)11-13/h3-6,11,17H,1-2,7-10,12H2/b6-4+. The Morgan fingerprint density at radius 3 is 2.89 bits per heavy atom. The summed E-state index contributed by atoms with van der Waals surface area (Å²) >= 11 is 0. The molecule has 1 N–H and O–H groups in total. The molecule has 1 aromatic rings. The minimum atomic E-state index is 0.150. The number of likely N-dealkylation sites (tertiary alicyclic amines) is 1. The number of carbonyl (C=O) groups excluding carboxylic acids is 1. The first-order valence-electron chi connectivity index (χ1n) is 7.12. The van der Waals surface area contributed by atoms with Gasteiger partial charge in [0.15, 0.2) is 0 Å². The third kappa shape index (κ3) is 2.87. The van der Waals surface area contributed by atoms with Gasteiger partial charge >= 0.3 is 0 Å². The predicted molar refractivity (Wildman–Crippen MR) is 76.7 cm³/mol. The van der Waals surface area contributed by atoms with Gasteiger partial charge in [-0.05, 0) is 48.6 Å². The maximum atomic E-state index is 11.9. The first-order chi connectivity index (χ1) is 9.33. The van der Waals surface area contributed by atoms with E-state index < -0.39 is 0 Å². The molecular formula is C16H20N2O. The van der Waals surface area contributed by atoms with E-state index in [0.717, 1.165) is 51.0 Å². The van der Waals surface area contributed by atoms with Crippen LogP contribution >= 0.6 is 0 Å². The molecule has 1 aromatic carbocycles. The van der Waals surface area contributed by atoms with Gasteiger partial charge < -0.3 is 10.2 Å². The Balaban J connectivity index is 1.70. The summed E-state index contributed by atoms with van der Waals surface area (Å²) in [6.07, 6.45) is 7.03. The van der Waals surface area contributed by atoms with E-state index in [-0.39, 0.29) is 5.91 Å². The summed E-state index contributed by atoms with van der Waals surface area (Å²) in [5.41, 5.74) is 3.93. The van der Waals surface area contributed by atoms with E-state index >= 15 is 0 Å². The van der Waals surface area contributed by atoms with E-state index in [1.54, 1.807) is 6.08 Å². The number of rotatable bonds is 2. The van der Waals surface area contributed by atoms with Gasteiger partial charge in [0.25, 0.3) is 0 Å². The molecule has 3 nitrogen and oxygen atoms in total. The summed E-state index contributed by atoms with van der Waals surface area (Å²) < 4.78 is 0. The van der Waals surface area contributed by atoms with Crippen molar-refractivity contribution in [2.45, 2.75) is 25.8 Å². The molecule has 0 aromatic heterocycles. The predicted octanol–water partition coefficient (Wildman–Crippen LogP) is 1.97. The zero-order chi connectivity index (χ0) is 13.1. The lowest BCUT2D eigenvalue weighted by Gasteiger charge is -2.17. The summed E-state index contributed by atoms with van der Waals surface area (Å²) in [6.45, 7) is 3.84. The molecule has 1 amide bonds. The second-order valence-corrected chi connectivity index (χ2v) is 5.32. The number of carbonyl (C=O) groups is 1. The van der Waals surface area contributed by atoms with Crippen LogP contribution in [0.15, 0.2) is 24.3 Å². The first-order valence-corrected chi connectivity index (χ1v) is 7.12. The maximum absolute atomic E-state index is 11.9. The molecule has 0 atom stereocenters. The van der Waals surface area contributed by atoms with Gasteiger partial charge in [-0.25, -0.2) is 0 Å². The van der Waals surface area contributed by atoms with E-state index in [2.05, 4.69) is 23.5 Å². The highest BCUT2D eigenvalue weighted by Gasteiger charge is 2.15. The van der Waals surface area contributed by atoms with Gasteiger partial charge in [-0.2, -0.15) is 0 Å². The largest absolute Gasteiger partial charge is 0.339 e. The van der Waals surface area contributed by atoms with Crippen molar-refractivity contribution in [2.75, 3.05) is 19.6 Å². The van der Waals surface area contributed by atoms with Crippen molar-refractivity contribution in [3.63, 3.8) is 0 Å². The number of nitrogens with zero attached hydrogens (tertiary/aromatic N) is 1. The number of hydrogen-bond donors (Lipinski definition) is 1. The van der Waals surface area contributed by atoms with Crippen LogP contribution in [0.5, 0.6) is 0 Å². The van der Waals surface area contributed by atoms with Crippen LogP contribution in [0.25, 0.3) is 6.08 Å². The van der Waals surface area contributed by atoms with Crippen LogP contribution in [0.2, 0.25) is 0 Å². The van der Waals surface area contributed by atoms with Crippen LogP contribution in [0, 0.1) is 0 Å². The van der Waals surface area contributed by atoms with Crippen molar-refractivity contribution in [3.8, 4) is 0 Å². The molecule has 1 saturated heterocycles. The highest BCUT2D eigenvalue weighted by molar-refractivity contribution is 5.91. The highest BCUT2D eigenvalue weighted by Crippen LogP contribution is 2.17. The summed E-state index contributed by atoms with van der Waals surface area (Å²) in [7, 11) is 0. The van der Waals surface area contributed by atoms with E-state index in [9.17, 15) is 4.79 Å².